The molecule has 0 radical (unpaired) electrons. The van der Waals surface area contributed by atoms with E-state index in [4.69, 9.17) is 27.9 Å². The predicted octanol–water partition coefficient (Wildman–Crippen LogP) is 4.23. The number of benzene rings is 1. The lowest BCUT2D eigenvalue weighted by atomic mass is 10.3. The normalized spacial score (nSPS) is 11.5. The minimum atomic E-state index is -4.74. The van der Waals surface area contributed by atoms with E-state index in [1.54, 1.807) is 24.3 Å². The summed E-state index contributed by atoms with van der Waals surface area (Å²) in [6.07, 6.45) is -2.00. The molecule has 0 saturated heterocycles. The third-order valence-electron chi connectivity index (χ3n) is 3.52. The molecule has 0 atom stereocenters. The molecule has 0 unspecified atom stereocenters. The molecule has 1 aromatic carbocycles. The van der Waals surface area contributed by atoms with Crippen LogP contribution in [0.15, 0.2) is 36.7 Å². The lowest BCUT2D eigenvalue weighted by Crippen LogP contribution is -2.13. The smallest absolute Gasteiger partial charge is 0.434 e. The van der Waals surface area contributed by atoms with E-state index in [-0.39, 0.29) is 12.4 Å². The fraction of sp³-hybridized carbons (Fsp3) is 0.188. The van der Waals surface area contributed by atoms with Gasteiger partial charge < -0.3 is 10.1 Å². The molecule has 1 amide bonds. The van der Waals surface area contributed by atoms with Crippen LogP contribution in [0.5, 0.6) is 5.75 Å². The van der Waals surface area contributed by atoms with E-state index in [2.05, 4.69) is 15.5 Å². The molecular formula is C16H12Cl2F3N5O2. The van der Waals surface area contributed by atoms with Gasteiger partial charge in [-0.15, -0.1) is 0 Å². The van der Waals surface area contributed by atoms with Crippen LogP contribution < -0.4 is 10.1 Å². The molecule has 28 heavy (non-hydrogen) atoms. The molecular weight excluding hydrogens is 422 g/mol. The highest BCUT2D eigenvalue weighted by Gasteiger charge is 2.40. The van der Waals surface area contributed by atoms with Gasteiger partial charge in [-0.3, -0.25) is 9.48 Å². The zero-order valence-corrected chi connectivity index (χ0v) is 15.7. The van der Waals surface area contributed by atoms with E-state index >= 15 is 0 Å². The molecule has 0 fully saturated rings. The molecule has 0 aliphatic heterocycles. The minimum Gasteiger partial charge on any atom is -0.471 e. The van der Waals surface area contributed by atoms with Gasteiger partial charge in [-0.25, -0.2) is 4.68 Å². The minimum absolute atomic E-state index is 0.0266. The van der Waals surface area contributed by atoms with E-state index in [1.165, 1.54) is 17.1 Å². The van der Waals surface area contributed by atoms with Crippen LogP contribution >= 0.6 is 23.2 Å². The maximum Gasteiger partial charge on any atom is 0.434 e. The van der Waals surface area contributed by atoms with E-state index < -0.39 is 28.5 Å². The number of rotatable bonds is 5. The van der Waals surface area contributed by atoms with Crippen LogP contribution in [0.25, 0.3) is 0 Å². The Morgan fingerprint density at radius 3 is 2.71 bits per heavy atom. The van der Waals surface area contributed by atoms with Crippen LogP contribution in [0.4, 0.5) is 18.9 Å². The van der Waals surface area contributed by atoms with Gasteiger partial charge in [-0.05, 0) is 18.2 Å². The summed E-state index contributed by atoms with van der Waals surface area (Å²) >= 11 is 11.6. The number of carbonyl (C=O) groups excluding carboxylic acids is 1. The summed E-state index contributed by atoms with van der Waals surface area (Å²) in [5, 5.41) is 9.67. The van der Waals surface area contributed by atoms with E-state index in [0.29, 0.717) is 15.5 Å². The number of aromatic nitrogens is 4. The van der Waals surface area contributed by atoms with Gasteiger partial charge in [0.25, 0.3) is 5.91 Å². The number of halogens is 5. The zero-order chi connectivity index (χ0) is 20.5. The fourth-order valence-corrected chi connectivity index (χ4v) is 2.87. The third kappa shape index (κ3) is 4.39. The highest BCUT2D eigenvalue weighted by Crippen LogP contribution is 2.36. The summed E-state index contributed by atoms with van der Waals surface area (Å²) in [6, 6.07) is 6.75. The van der Waals surface area contributed by atoms with Gasteiger partial charge in [0.15, 0.2) is 18.1 Å². The second kappa shape index (κ2) is 7.72. The van der Waals surface area contributed by atoms with Crippen molar-refractivity contribution in [2.45, 2.75) is 12.9 Å². The second-order valence-corrected chi connectivity index (χ2v) is 6.40. The molecule has 3 rings (SSSR count). The van der Waals surface area contributed by atoms with Crippen LogP contribution in [0.3, 0.4) is 0 Å². The number of anilines is 1. The maximum atomic E-state index is 13.0. The summed E-state index contributed by atoms with van der Waals surface area (Å²) in [6.45, 7) is 0.0266. The number of aryl methyl sites for hydroxylation is 1. The molecule has 0 aliphatic rings. The zero-order valence-electron chi connectivity index (χ0n) is 14.2. The highest BCUT2D eigenvalue weighted by atomic mass is 35.5. The Bertz CT molecular complexity index is 1020. The number of ether oxygens (including phenoxy) is 1. The molecule has 1 N–H and O–H groups in total. The van der Waals surface area contributed by atoms with E-state index in [9.17, 15) is 18.0 Å². The van der Waals surface area contributed by atoms with Crippen LogP contribution in [-0.2, 0) is 20.0 Å². The first-order valence-electron chi connectivity index (χ1n) is 7.67. The monoisotopic (exact) mass is 433 g/mol. The summed E-state index contributed by atoms with van der Waals surface area (Å²) in [7, 11) is 1.05. The Labute approximate surface area is 166 Å². The average molecular weight is 434 g/mol. The van der Waals surface area contributed by atoms with Crippen molar-refractivity contribution in [1.82, 2.24) is 19.6 Å². The van der Waals surface area contributed by atoms with Crippen molar-refractivity contribution in [3.63, 3.8) is 0 Å². The quantitative estimate of drug-likeness (QED) is 0.653. The molecule has 2 heterocycles. The number of nitrogens with one attached hydrogen (secondary N) is 1. The maximum absolute atomic E-state index is 13.0. The second-order valence-electron chi connectivity index (χ2n) is 5.59. The van der Waals surface area contributed by atoms with Crippen molar-refractivity contribution in [3.8, 4) is 5.75 Å². The first-order valence-corrected chi connectivity index (χ1v) is 8.42. The first-order chi connectivity index (χ1) is 13.1. The van der Waals surface area contributed by atoms with Crippen molar-refractivity contribution < 1.29 is 22.7 Å². The number of nitrogens with zero attached hydrogens (tertiary/aromatic N) is 4. The average Bonchev–Trinajstić information content (AvgIpc) is 3.16. The van der Waals surface area contributed by atoms with Gasteiger partial charge in [0.2, 0.25) is 0 Å². The summed E-state index contributed by atoms with van der Waals surface area (Å²) in [5.74, 6) is -0.375. The standard InChI is InChI=1S/C16H12Cl2F3N5O2/c1-25-14(16(19,20)21)12(18)13(24-25)15(27)23-10-6-22-26(7-10)8-28-11-4-2-3-9(17)5-11/h2-7H,8H2,1H3,(H,23,27). The van der Waals surface area contributed by atoms with Crippen LogP contribution in [0, 0.1) is 0 Å². The predicted molar refractivity (Wildman–Crippen MR) is 95.5 cm³/mol. The van der Waals surface area contributed by atoms with Gasteiger partial charge in [-0.1, -0.05) is 29.3 Å². The Hall–Kier alpha value is -2.72. The SMILES string of the molecule is Cn1nc(C(=O)Nc2cnn(COc3cccc(Cl)c3)c2)c(Cl)c1C(F)(F)F. The number of amides is 1. The Morgan fingerprint density at radius 2 is 2.07 bits per heavy atom. The number of carbonyl (C=O) groups is 1. The lowest BCUT2D eigenvalue weighted by Gasteiger charge is -2.06. The van der Waals surface area contributed by atoms with E-state index in [1.807, 2.05) is 0 Å². The topological polar surface area (TPSA) is 74.0 Å². The molecule has 0 saturated carbocycles. The lowest BCUT2D eigenvalue weighted by molar-refractivity contribution is -0.143. The van der Waals surface area contributed by atoms with Gasteiger partial charge in [-0.2, -0.15) is 23.4 Å². The van der Waals surface area contributed by atoms with Gasteiger partial charge in [0, 0.05) is 12.1 Å². The van der Waals surface area contributed by atoms with Crippen molar-refractivity contribution in [2.75, 3.05) is 5.32 Å². The number of hydrogen-bond donors (Lipinski definition) is 1. The summed E-state index contributed by atoms with van der Waals surface area (Å²) < 4.78 is 46.2. The Morgan fingerprint density at radius 1 is 1.32 bits per heavy atom. The van der Waals surface area contributed by atoms with Gasteiger partial charge in [0.05, 0.1) is 18.1 Å². The van der Waals surface area contributed by atoms with Crippen molar-refractivity contribution in [1.29, 1.82) is 0 Å². The molecule has 0 bridgehead atoms. The van der Waals surface area contributed by atoms with Crippen LogP contribution in [0.2, 0.25) is 10.0 Å². The number of alkyl halides is 3. The Balaban J connectivity index is 1.67. The van der Waals surface area contributed by atoms with Crippen molar-refractivity contribution in [3.05, 3.63) is 58.1 Å². The molecule has 7 nitrogen and oxygen atoms in total. The van der Waals surface area contributed by atoms with E-state index in [0.717, 1.165) is 7.05 Å². The van der Waals surface area contributed by atoms with Crippen LogP contribution in [-0.4, -0.2) is 25.5 Å². The van der Waals surface area contributed by atoms with Gasteiger partial charge >= 0.3 is 6.18 Å². The molecule has 3 aromatic rings. The molecule has 0 aliphatic carbocycles. The number of hydrogen-bond acceptors (Lipinski definition) is 4. The van der Waals surface area contributed by atoms with Crippen molar-refractivity contribution in [2.24, 2.45) is 7.05 Å². The largest absolute Gasteiger partial charge is 0.471 e. The van der Waals surface area contributed by atoms with Crippen molar-refractivity contribution >= 4 is 34.8 Å². The van der Waals surface area contributed by atoms with Crippen LogP contribution in [0.1, 0.15) is 16.2 Å². The first kappa shape index (κ1) is 20.0. The summed E-state index contributed by atoms with van der Waals surface area (Å²) in [5.41, 5.74) is -1.51. The highest BCUT2D eigenvalue weighted by molar-refractivity contribution is 6.34. The fourth-order valence-electron chi connectivity index (χ4n) is 2.34. The summed E-state index contributed by atoms with van der Waals surface area (Å²) in [4.78, 5) is 12.2. The van der Waals surface area contributed by atoms with Gasteiger partial charge in [0.1, 0.15) is 10.8 Å². The Kier molecular flexibility index (Phi) is 5.52. The molecule has 0 spiro atoms. The molecule has 12 heteroatoms. The molecule has 148 valence electrons. The third-order valence-corrected chi connectivity index (χ3v) is 4.12. The molecule has 2 aromatic heterocycles.